The zero-order valence-corrected chi connectivity index (χ0v) is 11.2. The Morgan fingerprint density at radius 1 is 1.58 bits per heavy atom. The van der Waals surface area contributed by atoms with Crippen molar-refractivity contribution in [2.75, 3.05) is 24.7 Å². The van der Waals surface area contributed by atoms with Gasteiger partial charge in [-0.25, -0.2) is 4.79 Å². The Bertz CT molecular complexity index is 556. The van der Waals surface area contributed by atoms with E-state index in [1.54, 1.807) is 6.20 Å². The maximum absolute atomic E-state index is 11.6. The fourth-order valence-electron chi connectivity index (χ4n) is 1.59. The molecular weight excluding hydrogens is 264 g/mol. The Kier molecular flexibility index (Phi) is 4.30. The first-order chi connectivity index (χ1) is 9.22. The first-order valence-corrected chi connectivity index (χ1v) is 6.46. The predicted molar refractivity (Wildman–Crippen MR) is 74.3 cm³/mol. The lowest BCUT2D eigenvalue weighted by Gasteiger charge is -2.05. The molecule has 0 saturated heterocycles. The summed E-state index contributed by atoms with van der Waals surface area (Å²) in [5.74, 6) is -0.282. The molecule has 0 bridgehead atoms. The van der Waals surface area contributed by atoms with Gasteiger partial charge in [-0.2, -0.15) is 4.37 Å². The van der Waals surface area contributed by atoms with E-state index in [0.29, 0.717) is 17.1 Å². The molecule has 0 spiro atoms. The van der Waals surface area contributed by atoms with Crippen molar-refractivity contribution in [1.82, 2.24) is 9.36 Å². The van der Waals surface area contributed by atoms with Crippen molar-refractivity contribution in [2.45, 2.75) is 6.42 Å². The summed E-state index contributed by atoms with van der Waals surface area (Å²) in [7, 11) is 1.32. The predicted octanol–water partition coefficient (Wildman–Crippen LogP) is 1.56. The largest absolute Gasteiger partial charge is 0.465 e. The molecule has 0 unspecified atom stereocenters. The maximum Gasteiger partial charge on any atom is 0.344 e. The molecule has 7 heteroatoms. The number of hydrogen-bond donors (Lipinski definition) is 2. The first kappa shape index (κ1) is 13.3. The van der Waals surface area contributed by atoms with Crippen molar-refractivity contribution in [3.63, 3.8) is 0 Å². The molecule has 2 aromatic heterocycles. The van der Waals surface area contributed by atoms with E-state index >= 15 is 0 Å². The second-order valence-corrected chi connectivity index (χ2v) is 4.57. The van der Waals surface area contributed by atoms with Gasteiger partial charge >= 0.3 is 5.97 Å². The van der Waals surface area contributed by atoms with Crippen molar-refractivity contribution < 1.29 is 9.53 Å². The van der Waals surface area contributed by atoms with Crippen molar-refractivity contribution in [1.29, 1.82) is 0 Å². The third-order valence-corrected chi connectivity index (χ3v) is 3.35. The van der Waals surface area contributed by atoms with Crippen LogP contribution in [-0.4, -0.2) is 29.0 Å². The summed E-state index contributed by atoms with van der Waals surface area (Å²) in [4.78, 5) is 15.6. The van der Waals surface area contributed by atoms with Crippen molar-refractivity contribution >= 4 is 28.3 Å². The Hall–Kier alpha value is -2.15. The van der Waals surface area contributed by atoms with E-state index in [1.807, 2.05) is 18.3 Å². The molecule has 100 valence electrons. The number of methoxy groups -OCH3 is 1. The number of carbonyl (C=O) groups is 1. The summed E-state index contributed by atoms with van der Waals surface area (Å²) in [6, 6.07) is 3.89. The number of nitrogens with two attached hydrogens (primary N) is 1. The Balaban J connectivity index is 1.98. The van der Waals surface area contributed by atoms with Gasteiger partial charge in [-0.3, -0.25) is 4.98 Å². The van der Waals surface area contributed by atoms with Gasteiger partial charge in [-0.15, -0.1) is 0 Å². The van der Waals surface area contributed by atoms with Crippen molar-refractivity contribution in [3.8, 4) is 0 Å². The molecule has 0 aliphatic carbocycles. The summed E-state index contributed by atoms with van der Waals surface area (Å²) < 4.78 is 8.63. The molecule has 0 saturated carbocycles. The van der Waals surface area contributed by atoms with Gasteiger partial charge in [0.25, 0.3) is 0 Å². The van der Waals surface area contributed by atoms with Crippen LogP contribution in [0.4, 0.5) is 10.8 Å². The van der Waals surface area contributed by atoms with Crippen molar-refractivity contribution in [3.05, 3.63) is 35.7 Å². The highest BCUT2D eigenvalue weighted by molar-refractivity contribution is 7.11. The summed E-state index contributed by atoms with van der Waals surface area (Å²) in [5.41, 5.74) is 7.07. The van der Waals surface area contributed by atoms with Gasteiger partial charge in [0.15, 0.2) is 5.82 Å². The molecular formula is C12H14N4O2S. The molecule has 0 atom stereocenters. The minimum absolute atomic E-state index is 0.195. The van der Waals surface area contributed by atoms with E-state index in [-0.39, 0.29) is 5.82 Å². The van der Waals surface area contributed by atoms with Gasteiger partial charge in [0, 0.05) is 18.9 Å². The standard InChI is InChI=1S/C12H14N4O2S/c1-18-12(17)9-10(13)16-19-11(9)15-6-4-8-3-2-5-14-7-8/h2-3,5,7,15H,4,6H2,1H3,(H2,13,16). The summed E-state index contributed by atoms with van der Waals surface area (Å²) >= 11 is 1.15. The van der Waals surface area contributed by atoms with Crippen LogP contribution in [0.15, 0.2) is 24.5 Å². The SMILES string of the molecule is COC(=O)c1c(N)nsc1NCCc1cccnc1. The zero-order chi connectivity index (χ0) is 13.7. The highest BCUT2D eigenvalue weighted by atomic mass is 32.1. The van der Waals surface area contributed by atoms with Crippen LogP contribution in [-0.2, 0) is 11.2 Å². The van der Waals surface area contributed by atoms with E-state index in [1.165, 1.54) is 7.11 Å². The van der Waals surface area contributed by atoms with Crippen LogP contribution >= 0.6 is 11.5 Å². The van der Waals surface area contributed by atoms with Gasteiger partial charge in [-0.1, -0.05) is 6.07 Å². The molecule has 0 aromatic carbocycles. The summed E-state index contributed by atoms with van der Waals surface area (Å²) in [6.07, 6.45) is 4.34. The number of hydrogen-bond acceptors (Lipinski definition) is 7. The molecule has 2 heterocycles. The normalized spacial score (nSPS) is 10.2. The molecule has 6 nitrogen and oxygen atoms in total. The zero-order valence-electron chi connectivity index (χ0n) is 10.4. The van der Waals surface area contributed by atoms with Gasteiger partial charge in [-0.05, 0) is 29.6 Å². The van der Waals surface area contributed by atoms with E-state index < -0.39 is 5.97 Å². The van der Waals surface area contributed by atoms with Crippen LogP contribution in [0.25, 0.3) is 0 Å². The molecule has 3 N–H and O–H groups in total. The number of anilines is 2. The number of rotatable bonds is 5. The molecule has 2 rings (SSSR count). The van der Waals surface area contributed by atoms with E-state index in [4.69, 9.17) is 5.73 Å². The highest BCUT2D eigenvalue weighted by Crippen LogP contribution is 2.27. The Labute approximate surface area is 114 Å². The number of nitrogens with zero attached hydrogens (tertiary/aromatic N) is 2. The number of ether oxygens (including phenoxy) is 1. The van der Waals surface area contributed by atoms with E-state index in [2.05, 4.69) is 19.4 Å². The summed E-state index contributed by atoms with van der Waals surface area (Å²) in [5, 5.41) is 3.78. The number of pyridine rings is 1. The van der Waals surface area contributed by atoms with E-state index in [0.717, 1.165) is 23.5 Å². The minimum Gasteiger partial charge on any atom is -0.465 e. The molecule has 0 aliphatic heterocycles. The third kappa shape index (κ3) is 3.19. The molecule has 0 amide bonds. The second kappa shape index (κ2) is 6.14. The topological polar surface area (TPSA) is 90.1 Å². The number of esters is 1. The van der Waals surface area contributed by atoms with E-state index in [9.17, 15) is 4.79 Å². The van der Waals surface area contributed by atoms with Crippen LogP contribution in [0.3, 0.4) is 0 Å². The lowest BCUT2D eigenvalue weighted by Crippen LogP contribution is -2.10. The lowest BCUT2D eigenvalue weighted by molar-refractivity contribution is 0.0603. The number of carbonyl (C=O) groups excluding carboxylic acids is 1. The van der Waals surface area contributed by atoms with Gasteiger partial charge in [0.05, 0.1) is 7.11 Å². The third-order valence-electron chi connectivity index (χ3n) is 2.53. The molecule has 0 fully saturated rings. The Morgan fingerprint density at radius 2 is 2.42 bits per heavy atom. The van der Waals surface area contributed by atoms with Gasteiger partial charge in [0.1, 0.15) is 10.6 Å². The van der Waals surface area contributed by atoms with Crippen LogP contribution in [0.2, 0.25) is 0 Å². The number of nitrogen functional groups attached to an aromatic ring is 1. The van der Waals surface area contributed by atoms with Crippen LogP contribution < -0.4 is 11.1 Å². The molecule has 0 radical (unpaired) electrons. The van der Waals surface area contributed by atoms with Crippen LogP contribution in [0.1, 0.15) is 15.9 Å². The van der Waals surface area contributed by atoms with Gasteiger partial charge in [0.2, 0.25) is 0 Å². The average molecular weight is 278 g/mol. The average Bonchev–Trinajstić information content (AvgIpc) is 2.80. The summed E-state index contributed by atoms with van der Waals surface area (Å²) in [6.45, 7) is 0.664. The molecule has 2 aromatic rings. The second-order valence-electron chi connectivity index (χ2n) is 3.80. The Morgan fingerprint density at radius 3 is 3.11 bits per heavy atom. The fourth-order valence-corrected chi connectivity index (χ4v) is 2.32. The smallest absolute Gasteiger partial charge is 0.344 e. The maximum atomic E-state index is 11.6. The number of aromatic nitrogens is 2. The minimum atomic E-state index is -0.477. The highest BCUT2D eigenvalue weighted by Gasteiger charge is 2.19. The fraction of sp³-hybridized carbons (Fsp3) is 0.250. The van der Waals surface area contributed by atoms with Crippen LogP contribution in [0, 0.1) is 0 Å². The van der Waals surface area contributed by atoms with Crippen LogP contribution in [0.5, 0.6) is 0 Å². The monoisotopic (exact) mass is 278 g/mol. The molecule has 19 heavy (non-hydrogen) atoms. The number of nitrogens with one attached hydrogen (secondary N) is 1. The quantitative estimate of drug-likeness (QED) is 0.807. The first-order valence-electron chi connectivity index (χ1n) is 5.68. The lowest BCUT2D eigenvalue weighted by atomic mass is 10.2. The van der Waals surface area contributed by atoms with Crippen molar-refractivity contribution in [2.24, 2.45) is 0 Å². The molecule has 0 aliphatic rings. The van der Waals surface area contributed by atoms with Gasteiger partial charge < -0.3 is 15.8 Å².